The van der Waals surface area contributed by atoms with Crippen molar-refractivity contribution < 1.29 is 23.8 Å². The van der Waals surface area contributed by atoms with E-state index in [0.717, 1.165) is 10.0 Å². The lowest BCUT2D eigenvalue weighted by Crippen LogP contribution is -2.13. The highest BCUT2D eigenvalue weighted by Gasteiger charge is 2.12. The number of ether oxygens (including phenoxy) is 3. The third-order valence-corrected chi connectivity index (χ3v) is 4.86. The second-order valence-corrected chi connectivity index (χ2v) is 7.77. The number of rotatable bonds is 9. The molecule has 0 atom stereocenters. The zero-order valence-corrected chi connectivity index (χ0v) is 18.7. The van der Waals surface area contributed by atoms with Gasteiger partial charge in [-0.1, -0.05) is 29.8 Å². The Morgan fingerprint density at radius 1 is 1.03 bits per heavy atom. The molecule has 0 bridgehead atoms. The molecular formula is C22H26BrNO5. The Morgan fingerprint density at radius 3 is 2.24 bits per heavy atom. The lowest BCUT2D eigenvalue weighted by Gasteiger charge is -2.12. The Hall–Kier alpha value is -2.54. The molecule has 156 valence electrons. The molecule has 2 rings (SSSR count). The summed E-state index contributed by atoms with van der Waals surface area (Å²) in [6, 6.07) is 10.3. The summed E-state index contributed by atoms with van der Waals surface area (Å²) in [6.45, 7) is 4.34. The number of hydrogen-bond donors (Lipinski definition) is 1. The summed E-state index contributed by atoms with van der Waals surface area (Å²) in [7, 11) is 3.15. The van der Waals surface area contributed by atoms with Gasteiger partial charge in [0, 0.05) is 16.6 Å². The minimum Gasteiger partial charge on any atom is -0.493 e. The molecule has 0 fully saturated rings. The van der Waals surface area contributed by atoms with Gasteiger partial charge in [-0.3, -0.25) is 4.79 Å². The quantitative estimate of drug-likeness (QED) is 0.537. The molecule has 0 aliphatic carbocycles. The molecule has 0 saturated carbocycles. The normalized spacial score (nSPS) is 10.6. The number of benzene rings is 2. The van der Waals surface area contributed by atoms with Crippen LogP contribution in [0.25, 0.3) is 0 Å². The van der Waals surface area contributed by atoms with E-state index < -0.39 is 0 Å². The van der Waals surface area contributed by atoms with Crippen molar-refractivity contribution in [3.8, 4) is 11.5 Å². The van der Waals surface area contributed by atoms with Gasteiger partial charge < -0.3 is 19.5 Å². The Balaban J connectivity index is 1.92. The minimum atomic E-state index is -0.366. The third-order valence-electron chi connectivity index (χ3n) is 4.13. The number of amides is 1. The van der Waals surface area contributed by atoms with Crippen LogP contribution in [-0.4, -0.2) is 32.7 Å². The summed E-state index contributed by atoms with van der Waals surface area (Å²) in [5.41, 5.74) is 2.03. The van der Waals surface area contributed by atoms with E-state index in [-0.39, 0.29) is 17.8 Å². The summed E-state index contributed by atoms with van der Waals surface area (Å²) in [5.74, 6) is 1.03. The van der Waals surface area contributed by atoms with Crippen molar-refractivity contribution in [3.63, 3.8) is 0 Å². The highest BCUT2D eigenvalue weighted by Crippen LogP contribution is 2.33. The maximum absolute atomic E-state index is 12.3. The van der Waals surface area contributed by atoms with Crippen LogP contribution >= 0.6 is 15.9 Å². The maximum atomic E-state index is 12.3. The van der Waals surface area contributed by atoms with Crippen LogP contribution in [0.4, 0.5) is 5.69 Å². The fourth-order valence-electron chi connectivity index (χ4n) is 2.57. The monoisotopic (exact) mass is 463 g/mol. The van der Waals surface area contributed by atoms with Crippen LogP contribution in [0, 0.1) is 5.92 Å². The van der Waals surface area contributed by atoms with E-state index in [9.17, 15) is 9.59 Å². The molecule has 0 aliphatic rings. The fraction of sp³-hybridized carbons (Fsp3) is 0.364. The van der Waals surface area contributed by atoms with Crippen molar-refractivity contribution in [2.45, 2.75) is 26.7 Å². The first kappa shape index (κ1) is 22.7. The van der Waals surface area contributed by atoms with Gasteiger partial charge in [-0.15, -0.1) is 0 Å². The molecule has 2 aromatic rings. The molecule has 0 aromatic heterocycles. The SMILES string of the molecule is COc1cc(Br)c(CCC(=O)Nc2ccc(C(=O)OCC(C)C)cc2)cc1OC. The van der Waals surface area contributed by atoms with E-state index >= 15 is 0 Å². The average molecular weight is 464 g/mol. The second-order valence-electron chi connectivity index (χ2n) is 6.92. The number of anilines is 1. The van der Waals surface area contributed by atoms with Crippen LogP contribution in [0.2, 0.25) is 0 Å². The predicted molar refractivity (Wildman–Crippen MR) is 116 cm³/mol. The highest BCUT2D eigenvalue weighted by molar-refractivity contribution is 9.10. The lowest BCUT2D eigenvalue weighted by molar-refractivity contribution is -0.116. The molecule has 6 nitrogen and oxygen atoms in total. The molecule has 0 radical (unpaired) electrons. The van der Waals surface area contributed by atoms with E-state index in [1.807, 2.05) is 26.0 Å². The van der Waals surface area contributed by atoms with Crippen molar-refractivity contribution in [2.75, 3.05) is 26.1 Å². The standard InChI is InChI=1S/C22H26BrNO5/c1-14(2)13-29-22(26)15-5-8-17(9-6-15)24-21(25)10-7-16-11-19(27-3)20(28-4)12-18(16)23/h5-6,8-9,11-12,14H,7,10,13H2,1-4H3,(H,24,25). The number of hydrogen-bond acceptors (Lipinski definition) is 5. The number of carbonyl (C=O) groups is 2. The first-order chi connectivity index (χ1) is 13.8. The van der Waals surface area contributed by atoms with E-state index in [0.29, 0.717) is 42.2 Å². The van der Waals surface area contributed by atoms with Crippen molar-refractivity contribution in [3.05, 3.63) is 52.0 Å². The molecule has 2 aromatic carbocycles. The minimum absolute atomic E-state index is 0.123. The van der Waals surface area contributed by atoms with E-state index in [1.165, 1.54) is 0 Å². The molecule has 1 amide bonds. The predicted octanol–water partition coefficient (Wildman–Crippen LogP) is 4.85. The molecule has 1 N–H and O–H groups in total. The average Bonchev–Trinajstić information content (AvgIpc) is 2.71. The van der Waals surface area contributed by atoms with Gasteiger partial charge in [0.15, 0.2) is 11.5 Å². The molecule has 0 heterocycles. The summed E-state index contributed by atoms with van der Waals surface area (Å²) < 4.78 is 16.6. The van der Waals surface area contributed by atoms with Crippen LogP contribution in [0.3, 0.4) is 0 Å². The van der Waals surface area contributed by atoms with Gasteiger partial charge in [0.2, 0.25) is 5.91 Å². The van der Waals surface area contributed by atoms with Gasteiger partial charge in [0.05, 0.1) is 26.4 Å². The van der Waals surface area contributed by atoms with Crippen molar-refractivity contribution in [1.82, 2.24) is 0 Å². The number of halogens is 1. The lowest BCUT2D eigenvalue weighted by atomic mass is 10.1. The fourth-order valence-corrected chi connectivity index (χ4v) is 3.10. The van der Waals surface area contributed by atoms with Crippen LogP contribution < -0.4 is 14.8 Å². The smallest absolute Gasteiger partial charge is 0.338 e. The summed E-state index contributed by atoms with van der Waals surface area (Å²) >= 11 is 3.50. The Kier molecular flexibility index (Phi) is 8.51. The molecule has 29 heavy (non-hydrogen) atoms. The number of nitrogens with one attached hydrogen (secondary N) is 1. The van der Waals surface area contributed by atoms with Gasteiger partial charge in [-0.25, -0.2) is 4.79 Å². The number of methoxy groups -OCH3 is 2. The van der Waals surface area contributed by atoms with E-state index in [2.05, 4.69) is 21.2 Å². The van der Waals surface area contributed by atoms with Crippen molar-refractivity contribution in [1.29, 1.82) is 0 Å². The summed E-state index contributed by atoms with van der Waals surface area (Å²) in [5, 5.41) is 2.84. The molecule has 7 heteroatoms. The number of aryl methyl sites for hydroxylation is 1. The van der Waals surface area contributed by atoms with Gasteiger partial charge in [-0.05, 0) is 54.3 Å². The summed E-state index contributed by atoms with van der Waals surface area (Å²) in [6.07, 6.45) is 0.832. The molecular weight excluding hydrogens is 438 g/mol. The Bertz CT molecular complexity index is 849. The first-order valence-corrected chi connectivity index (χ1v) is 10.1. The molecule has 0 unspecified atom stereocenters. The maximum Gasteiger partial charge on any atom is 0.338 e. The summed E-state index contributed by atoms with van der Waals surface area (Å²) in [4.78, 5) is 24.2. The van der Waals surface area contributed by atoms with Gasteiger partial charge in [-0.2, -0.15) is 0 Å². The van der Waals surface area contributed by atoms with Crippen LogP contribution in [0.1, 0.15) is 36.2 Å². The zero-order chi connectivity index (χ0) is 21.4. The molecule has 0 aliphatic heterocycles. The highest BCUT2D eigenvalue weighted by atomic mass is 79.9. The van der Waals surface area contributed by atoms with E-state index in [1.54, 1.807) is 38.5 Å². The molecule has 0 spiro atoms. The molecule has 0 saturated heterocycles. The number of carbonyl (C=O) groups excluding carboxylic acids is 2. The van der Waals surface area contributed by atoms with Crippen LogP contribution in [0.15, 0.2) is 40.9 Å². The van der Waals surface area contributed by atoms with Gasteiger partial charge in [0.1, 0.15) is 0 Å². The van der Waals surface area contributed by atoms with Gasteiger partial charge >= 0.3 is 5.97 Å². The van der Waals surface area contributed by atoms with Crippen molar-refractivity contribution in [2.24, 2.45) is 5.92 Å². The first-order valence-electron chi connectivity index (χ1n) is 9.31. The number of esters is 1. The van der Waals surface area contributed by atoms with E-state index in [4.69, 9.17) is 14.2 Å². The largest absolute Gasteiger partial charge is 0.493 e. The van der Waals surface area contributed by atoms with Crippen LogP contribution in [-0.2, 0) is 16.0 Å². The van der Waals surface area contributed by atoms with Crippen LogP contribution in [0.5, 0.6) is 11.5 Å². The van der Waals surface area contributed by atoms with Crippen molar-refractivity contribution >= 4 is 33.5 Å². The zero-order valence-electron chi connectivity index (χ0n) is 17.1. The Labute approximate surface area is 179 Å². The van der Waals surface area contributed by atoms with Gasteiger partial charge in [0.25, 0.3) is 0 Å². The second kappa shape index (κ2) is 10.9. The Morgan fingerprint density at radius 2 is 1.66 bits per heavy atom. The topological polar surface area (TPSA) is 73.9 Å². The third kappa shape index (κ3) is 6.78.